The van der Waals surface area contributed by atoms with Gasteiger partial charge in [0, 0.05) is 24.7 Å². The molecular formula is C20H23N3O3S2. The Morgan fingerprint density at radius 1 is 0.893 bits per heavy atom. The van der Waals surface area contributed by atoms with Gasteiger partial charge in [-0.2, -0.15) is 0 Å². The Morgan fingerprint density at radius 2 is 1.50 bits per heavy atom. The molecule has 2 aromatic carbocycles. The van der Waals surface area contributed by atoms with Crippen LogP contribution in [0.5, 0.6) is 0 Å². The predicted molar refractivity (Wildman–Crippen MR) is 117 cm³/mol. The van der Waals surface area contributed by atoms with Gasteiger partial charge in [0.15, 0.2) is 0 Å². The second-order valence-corrected chi connectivity index (χ2v) is 8.19. The lowest BCUT2D eigenvalue weighted by Crippen LogP contribution is -2.19. The van der Waals surface area contributed by atoms with E-state index < -0.39 is 0 Å². The highest BCUT2D eigenvalue weighted by atomic mass is 32.2. The second kappa shape index (κ2) is 10.8. The van der Waals surface area contributed by atoms with Crippen molar-refractivity contribution in [2.45, 2.75) is 11.8 Å². The topological polar surface area (TPSA) is 78.5 Å². The number of hydrogen-bond donors (Lipinski definition) is 2. The first-order valence-electron chi connectivity index (χ1n) is 8.57. The van der Waals surface area contributed by atoms with Crippen molar-refractivity contribution in [1.82, 2.24) is 4.90 Å². The molecule has 0 heterocycles. The maximum absolute atomic E-state index is 12.2. The first-order valence-corrected chi connectivity index (χ1v) is 10.5. The van der Waals surface area contributed by atoms with Crippen molar-refractivity contribution in [2.75, 3.05) is 36.2 Å². The zero-order valence-electron chi connectivity index (χ0n) is 16.0. The third-order valence-corrected chi connectivity index (χ3v) is 5.57. The molecule has 0 aromatic heterocycles. The van der Waals surface area contributed by atoms with Gasteiger partial charge in [-0.3, -0.25) is 14.4 Å². The Morgan fingerprint density at radius 3 is 2.14 bits per heavy atom. The smallest absolute Gasteiger partial charge is 0.286 e. The first-order chi connectivity index (χ1) is 13.3. The molecule has 2 N–H and O–H groups in total. The molecule has 0 aliphatic heterocycles. The average Bonchev–Trinajstić information content (AvgIpc) is 2.65. The Labute approximate surface area is 173 Å². The van der Waals surface area contributed by atoms with Crippen molar-refractivity contribution in [3.63, 3.8) is 0 Å². The fraction of sp³-hybridized carbons (Fsp3) is 0.250. The number of hydrogen-bond acceptors (Lipinski definition) is 5. The minimum Gasteiger partial charge on any atom is -0.339 e. The van der Waals surface area contributed by atoms with Crippen molar-refractivity contribution in [2.24, 2.45) is 0 Å². The van der Waals surface area contributed by atoms with Gasteiger partial charge in [-0.1, -0.05) is 29.8 Å². The highest BCUT2D eigenvalue weighted by Gasteiger charge is 2.13. The summed E-state index contributed by atoms with van der Waals surface area (Å²) in [6, 6.07) is 14.7. The van der Waals surface area contributed by atoms with Crippen LogP contribution in [-0.2, 0) is 9.59 Å². The minimum atomic E-state index is -0.224. The molecule has 2 rings (SSSR count). The van der Waals surface area contributed by atoms with Crippen LogP contribution >= 0.6 is 23.5 Å². The van der Waals surface area contributed by atoms with E-state index in [1.54, 1.807) is 32.3 Å². The van der Waals surface area contributed by atoms with Crippen LogP contribution in [-0.4, -0.2) is 47.6 Å². The molecule has 0 fully saturated rings. The molecule has 3 amide bonds. The van der Waals surface area contributed by atoms with Gasteiger partial charge in [0.1, 0.15) is 0 Å². The number of thioether (sulfide) groups is 2. The molecule has 0 spiro atoms. The molecule has 2 aromatic rings. The van der Waals surface area contributed by atoms with E-state index in [9.17, 15) is 14.4 Å². The van der Waals surface area contributed by atoms with Crippen LogP contribution in [0.4, 0.5) is 16.2 Å². The zero-order valence-corrected chi connectivity index (χ0v) is 17.7. The lowest BCUT2D eigenvalue weighted by Gasteiger charge is -2.13. The number of nitrogens with zero attached hydrogens (tertiary/aromatic N) is 1. The van der Waals surface area contributed by atoms with Gasteiger partial charge in [-0.25, -0.2) is 0 Å². The number of carbonyl (C=O) groups excluding carboxylic acids is 3. The van der Waals surface area contributed by atoms with Crippen molar-refractivity contribution >= 4 is 52.0 Å². The van der Waals surface area contributed by atoms with Crippen LogP contribution in [0.1, 0.15) is 5.56 Å². The number of benzene rings is 2. The van der Waals surface area contributed by atoms with E-state index in [1.807, 2.05) is 37.3 Å². The van der Waals surface area contributed by atoms with Crippen molar-refractivity contribution < 1.29 is 14.4 Å². The van der Waals surface area contributed by atoms with Crippen molar-refractivity contribution in [3.05, 3.63) is 54.1 Å². The van der Waals surface area contributed by atoms with E-state index in [0.717, 1.165) is 23.0 Å². The molecule has 0 aliphatic carbocycles. The van der Waals surface area contributed by atoms with Gasteiger partial charge in [0.25, 0.3) is 5.24 Å². The van der Waals surface area contributed by atoms with Crippen LogP contribution < -0.4 is 10.6 Å². The Balaban J connectivity index is 1.80. The zero-order chi connectivity index (χ0) is 20.5. The SMILES string of the molecule is Cc1ccc(NC(=O)CSCC(=O)Nc2ccccc2SC(=O)N(C)C)cc1. The summed E-state index contributed by atoms with van der Waals surface area (Å²) in [6.45, 7) is 1.98. The van der Waals surface area contributed by atoms with Gasteiger partial charge >= 0.3 is 0 Å². The Bertz CT molecular complexity index is 839. The normalized spacial score (nSPS) is 10.2. The summed E-state index contributed by atoms with van der Waals surface area (Å²) in [7, 11) is 3.35. The molecular weight excluding hydrogens is 394 g/mol. The maximum Gasteiger partial charge on any atom is 0.286 e. The standard InChI is InChI=1S/C20H23N3O3S2/c1-14-8-10-15(11-9-14)21-18(24)12-27-13-19(25)22-16-6-4-5-7-17(16)28-20(26)23(2)3/h4-11H,12-13H2,1-3H3,(H,21,24)(H,22,25). The molecule has 0 atom stereocenters. The number of aryl methyl sites for hydroxylation is 1. The van der Waals surface area contributed by atoms with Crippen LogP contribution in [0.15, 0.2) is 53.4 Å². The highest BCUT2D eigenvalue weighted by molar-refractivity contribution is 8.13. The average molecular weight is 418 g/mol. The number of amides is 3. The molecule has 0 saturated heterocycles. The second-order valence-electron chi connectivity index (χ2n) is 6.21. The van der Waals surface area contributed by atoms with Gasteiger partial charge < -0.3 is 15.5 Å². The van der Waals surface area contributed by atoms with E-state index in [2.05, 4.69) is 10.6 Å². The summed E-state index contributed by atoms with van der Waals surface area (Å²) in [5.74, 6) is -0.0636. The van der Waals surface area contributed by atoms with Crippen LogP contribution in [0, 0.1) is 6.92 Å². The minimum absolute atomic E-state index is 0.121. The van der Waals surface area contributed by atoms with E-state index in [0.29, 0.717) is 10.6 Å². The first kappa shape index (κ1) is 21.8. The monoisotopic (exact) mass is 417 g/mol. The van der Waals surface area contributed by atoms with E-state index in [4.69, 9.17) is 0 Å². The van der Waals surface area contributed by atoms with Gasteiger partial charge in [-0.05, 0) is 43.0 Å². The molecule has 0 unspecified atom stereocenters. The van der Waals surface area contributed by atoms with E-state index in [-0.39, 0.29) is 28.6 Å². The highest BCUT2D eigenvalue weighted by Crippen LogP contribution is 2.28. The fourth-order valence-corrected chi connectivity index (χ4v) is 3.46. The summed E-state index contributed by atoms with van der Waals surface area (Å²) in [5.41, 5.74) is 2.43. The third-order valence-electron chi connectivity index (χ3n) is 3.53. The van der Waals surface area contributed by atoms with Crippen LogP contribution in [0.2, 0.25) is 0 Å². The molecule has 0 saturated carbocycles. The van der Waals surface area contributed by atoms with Crippen LogP contribution in [0.3, 0.4) is 0 Å². The maximum atomic E-state index is 12.2. The molecule has 0 bridgehead atoms. The van der Waals surface area contributed by atoms with E-state index in [1.165, 1.54) is 16.7 Å². The predicted octanol–water partition coefficient (Wildman–Crippen LogP) is 4.08. The molecule has 0 aliphatic rings. The Hall–Kier alpha value is -2.45. The molecule has 148 valence electrons. The summed E-state index contributed by atoms with van der Waals surface area (Å²) in [4.78, 5) is 38.2. The number of nitrogens with one attached hydrogen (secondary N) is 2. The van der Waals surface area contributed by atoms with Crippen molar-refractivity contribution in [3.8, 4) is 0 Å². The third kappa shape index (κ3) is 7.28. The Kier molecular flexibility index (Phi) is 8.41. The number of rotatable bonds is 7. The van der Waals surface area contributed by atoms with Gasteiger partial charge in [0.05, 0.1) is 17.2 Å². The summed E-state index contributed by atoms with van der Waals surface area (Å²) in [6.07, 6.45) is 0. The fourth-order valence-electron chi connectivity index (χ4n) is 2.10. The number of anilines is 2. The summed E-state index contributed by atoms with van der Waals surface area (Å²) in [5, 5.41) is 5.48. The van der Waals surface area contributed by atoms with Crippen molar-refractivity contribution in [1.29, 1.82) is 0 Å². The van der Waals surface area contributed by atoms with Crippen LogP contribution in [0.25, 0.3) is 0 Å². The quantitative estimate of drug-likeness (QED) is 0.664. The lowest BCUT2D eigenvalue weighted by atomic mass is 10.2. The van der Waals surface area contributed by atoms with Gasteiger partial charge in [-0.15, -0.1) is 11.8 Å². The molecule has 8 heteroatoms. The molecule has 28 heavy (non-hydrogen) atoms. The molecule has 6 nitrogen and oxygen atoms in total. The molecule has 0 radical (unpaired) electrons. The van der Waals surface area contributed by atoms with Gasteiger partial charge in [0.2, 0.25) is 11.8 Å². The van der Waals surface area contributed by atoms with E-state index >= 15 is 0 Å². The summed E-state index contributed by atoms with van der Waals surface area (Å²) < 4.78 is 0. The number of carbonyl (C=O) groups is 3. The largest absolute Gasteiger partial charge is 0.339 e. The summed E-state index contributed by atoms with van der Waals surface area (Å²) >= 11 is 2.28. The number of para-hydroxylation sites is 1. The lowest BCUT2D eigenvalue weighted by molar-refractivity contribution is -0.114.